The van der Waals surface area contributed by atoms with Gasteiger partial charge in [-0.25, -0.2) is 18.7 Å². The van der Waals surface area contributed by atoms with Crippen LogP contribution in [0.25, 0.3) is 16.6 Å². The number of aromatic amines is 2. The first-order valence-electron chi connectivity index (χ1n) is 12.2. The van der Waals surface area contributed by atoms with Gasteiger partial charge in [-0.2, -0.15) is 0 Å². The maximum absolute atomic E-state index is 14.7. The predicted octanol–water partition coefficient (Wildman–Crippen LogP) is 2.81. The molecular formula is C28H24FN5O6. The quantitative estimate of drug-likeness (QED) is 0.222. The van der Waals surface area contributed by atoms with Crippen LogP contribution in [-0.4, -0.2) is 44.2 Å². The van der Waals surface area contributed by atoms with Crippen LogP contribution in [-0.2, 0) is 13.0 Å². The molecule has 0 fully saturated rings. The molecule has 4 N–H and O–H groups in total. The Morgan fingerprint density at radius 2 is 1.90 bits per heavy atom. The normalized spacial score (nSPS) is 10.9. The number of hydrogen-bond acceptors (Lipinski definition) is 7. The van der Waals surface area contributed by atoms with Gasteiger partial charge in [0.1, 0.15) is 11.1 Å². The van der Waals surface area contributed by atoms with Crippen molar-refractivity contribution >= 4 is 16.8 Å². The lowest BCUT2D eigenvalue weighted by Gasteiger charge is -2.11. The second-order valence-electron chi connectivity index (χ2n) is 8.77. The van der Waals surface area contributed by atoms with E-state index in [2.05, 4.69) is 20.3 Å². The topological polar surface area (TPSA) is 151 Å². The highest BCUT2D eigenvalue weighted by molar-refractivity contribution is 5.93. The minimum atomic E-state index is -0.743. The first-order valence-corrected chi connectivity index (χ1v) is 12.2. The average Bonchev–Trinajstić information content (AvgIpc) is 3.30. The fraction of sp³-hybridized carbons (Fsp3) is 0.143. The van der Waals surface area contributed by atoms with Gasteiger partial charge in [-0.15, -0.1) is 0 Å². The van der Waals surface area contributed by atoms with Gasteiger partial charge in [0.2, 0.25) is 5.88 Å². The first-order chi connectivity index (χ1) is 19.3. The number of benzene rings is 3. The molecule has 2 heterocycles. The van der Waals surface area contributed by atoms with Crippen molar-refractivity contribution in [3.8, 4) is 23.1 Å². The Kier molecular flexibility index (Phi) is 7.31. The summed E-state index contributed by atoms with van der Waals surface area (Å²) in [6.07, 6.45) is 1.55. The molecule has 0 bridgehead atoms. The van der Waals surface area contributed by atoms with Crippen LogP contribution in [0.15, 0.2) is 76.4 Å². The number of carbonyl (C=O) groups is 1. The molecule has 0 atom stereocenters. The van der Waals surface area contributed by atoms with Gasteiger partial charge < -0.3 is 29.9 Å². The molecule has 5 rings (SSSR count). The van der Waals surface area contributed by atoms with Crippen molar-refractivity contribution in [2.24, 2.45) is 0 Å². The first kappa shape index (κ1) is 26.2. The van der Waals surface area contributed by atoms with E-state index in [0.717, 1.165) is 21.8 Å². The SMILES string of the molecule is COc1cccc(CNC(=O)c2nc3ccc(F)c(OCCc4ccc(-n5c(O)c[nH]c5=O)cc4)c3c(=O)[nH]2)c1. The van der Waals surface area contributed by atoms with E-state index in [1.54, 1.807) is 49.6 Å². The lowest BCUT2D eigenvalue weighted by Crippen LogP contribution is -2.27. The van der Waals surface area contributed by atoms with E-state index in [0.29, 0.717) is 17.9 Å². The van der Waals surface area contributed by atoms with Crippen LogP contribution >= 0.6 is 0 Å². The van der Waals surface area contributed by atoms with Crippen LogP contribution in [0.1, 0.15) is 21.7 Å². The van der Waals surface area contributed by atoms with Gasteiger partial charge in [0.25, 0.3) is 11.5 Å². The van der Waals surface area contributed by atoms with Crippen molar-refractivity contribution in [3.05, 3.63) is 110 Å². The predicted molar refractivity (Wildman–Crippen MR) is 144 cm³/mol. The number of imidazole rings is 1. The highest BCUT2D eigenvalue weighted by atomic mass is 19.1. The number of rotatable bonds is 9. The zero-order valence-electron chi connectivity index (χ0n) is 21.2. The standard InChI is InChI=1S/C28H24FN5O6/c1-39-19-4-2-3-17(13-19)14-30-27(37)25-32-21-10-9-20(29)24(23(21)26(36)33-25)40-12-11-16-5-7-18(8-6-16)34-22(35)15-31-28(34)38/h2-10,13,15,35H,11-12,14H2,1H3,(H,30,37)(H,31,38)(H,32,33,36). The van der Waals surface area contributed by atoms with Crippen molar-refractivity contribution < 1.29 is 23.8 Å². The second kappa shape index (κ2) is 11.2. The van der Waals surface area contributed by atoms with Gasteiger partial charge in [0.15, 0.2) is 17.4 Å². The number of amides is 1. The third-order valence-electron chi connectivity index (χ3n) is 6.17. The van der Waals surface area contributed by atoms with E-state index in [1.165, 1.54) is 12.3 Å². The number of nitrogens with zero attached hydrogens (tertiary/aromatic N) is 2. The third kappa shape index (κ3) is 5.41. The molecular weight excluding hydrogens is 521 g/mol. The highest BCUT2D eigenvalue weighted by Gasteiger charge is 2.18. The monoisotopic (exact) mass is 545 g/mol. The molecule has 3 aromatic carbocycles. The molecule has 0 aliphatic heterocycles. The summed E-state index contributed by atoms with van der Waals surface area (Å²) < 4.78 is 26.6. The van der Waals surface area contributed by atoms with Gasteiger partial charge in [-0.1, -0.05) is 24.3 Å². The second-order valence-corrected chi connectivity index (χ2v) is 8.77. The van der Waals surface area contributed by atoms with Gasteiger partial charge in [-0.05, 0) is 47.5 Å². The molecule has 204 valence electrons. The van der Waals surface area contributed by atoms with Crippen molar-refractivity contribution in [2.45, 2.75) is 13.0 Å². The molecule has 0 aliphatic rings. The molecule has 12 heteroatoms. The van der Waals surface area contributed by atoms with E-state index in [1.807, 2.05) is 6.07 Å². The zero-order chi connectivity index (χ0) is 28.2. The largest absolute Gasteiger partial charge is 0.497 e. The number of nitrogens with one attached hydrogen (secondary N) is 3. The third-order valence-corrected chi connectivity index (χ3v) is 6.17. The zero-order valence-corrected chi connectivity index (χ0v) is 21.2. The molecule has 0 aliphatic carbocycles. The maximum Gasteiger partial charge on any atom is 0.333 e. The molecule has 1 amide bonds. The summed E-state index contributed by atoms with van der Waals surface area (Å²) >= 11 is 0. The number of methoxy groups -OCH3 is 1. The van der Waals surface area contributed by atoms with Crippen LogP contribution in [0.4, 0.5) is 4.39 Å². The van der Waals surface area contributed by atoms with Crippen molar-refractivity contribution in [1.29, 1.82) is 0 Å². The smallest absolute Gasteiger partial charge is 0.333 e. The lowest BCUT2D eigenvalue weighted by atomic mass is 10.1. The number of aromatic hydroxyl groups is 1. The number of aromatic nitrogens is 4. The number of hydrogen-bond donors (Lipinski definition) is 4. The summed E-state index contributed by atoms with van der Waals surface area (Å²) in [6, 6.07) is 16.4. The Bertz CT molecular complexity index is 1810. The van der Waals surface area contributed by atoms with Gasteiger partial charge in [0, 0.05) is 13.0 Å². The lowest BCUT2D eigenvalue weighted by molar-refractivity contribution is 0.0940. The fourth-order valence-electron chi connectivity index (χ4n) is 4.17. The summed E-state index contributed by atoms with van der Waals surface area (Å²) in [5.41, 5.74) is 0.986. The van der Waals surface area contributed by atoms with Crippen LogP contribution in [0.5, 0.6) is 17.4 Å². The van der Waals surface area contributed by atoms with Crippen LogP contribution in [0.2, 0.25) is 0 Å². The van der Waals surface area contributed by atoms with E-state index < -0.39 is 23.0 Å². The molecule has 0 spiro atoms. The Balaban J connectivity index is 1.28. The number of ether oxygens (including phenoxy) is 2. The Morgan fingerprint density at radius 1 is 1.10 bits per heavy atom. The number of carbonyl (C=O) groups excluding carboxylic acids is 1. The van der Waals surface area contributed by atoms with Crippen LogP contribution in [0, 0.1) is 5.82 Å². The summed E-state index contributed by atoms with van der Waals surface area (Å²) in [7, 11) is 1.54. The van der Waals surface area contributed by atoms with Gasteiger partial charge in [0.05, 0.1) is 31.1 Å². The summed E-state index contributed by atoms with van der Waals surface area (Å²) in [5.74, 6) is -1.41. The summed E-state index contributed by atoms with van der Waals surface area (Å²) in [6.45, 7) is 0.215. The molecule has 0 unspecified atom stereocenters. The Morgan fingerprint density at radius 3 is 2.62 bits per heavy atom. The number of H-pyrrole nitrogens is 2. The molecule has 2 aromatic heterocycles. The summed E-state index contributed by atoms with van der Waals surface area (Å²) in [4.78, 5) is 46.4. The van der Waals surface area contributed by atoms with E-state index in [9.17, 15) is 23.9 Å². The maximum atomic E-state index is 14.7. The minimum absolute atomic E-state index is 0.0347. The summed E-state index contributed by atoms with van der Waals surface area (Å²) in [5, 5.41) is 12.4. The van der Waals surface area contributed by atoms with Gasteiger partial charge >= 0.3 is 5.69 Å². The van der Waals surface area contributed by atoms with E-state index in [4.69, 9.17) is 9.47 Å². The molecule has 0 saturated heterocycles. The molecule has 11 nitrogen and oxygen atoms in total. The average molecular weight is 546 g/mol. The number of halogens is 1. The highest BCUT2D eigenvalue weighted by Crippen LogP contribution is 2.25. The van der Waals surface area contributed by atoms with Crippen LogP contribution < -0.4 is 26.0 Å². The van der Waals surface area contributed by atoms with E-state index >= 15 is 0 Å². The van der Waals surface area contributed by atoms with Crippen molar-refractivity contribution in [1.82, 2.24) is 24.8 Å². The molecule has 0 saturated carbocycles. The Labute approximate surface area is 225 Å². The number of fused-ring (bicyclic) bond motifs is 1. The molecule has 0 radical (unpaired) electrons. The fourth-order valence-corrected chi connectivity index (χ4v) is 4.17. The molecule has 5 aromatic rings. The van der Waals surface area contributed by atoms with Crippen molar-refractivity contribution in [2.75, 3.05) is 13.7 Å². The van der Waals surface area contributed by atoms with Crippen molar-refractivity contribution in [3.63, 3.8) is 0 Å². The van der Waals surface area contributed by atoms with Crippen LogP contribution in [0.3, 0.4) is 0 Å². The minimum Gasteiger partial charge on any atom is -0.497 e. The Hall–Kier alpha value is -5.39. The van der Waals surface area contributed by atoms with E-state index in [-0.39, 0.29) is 41.5 Å². The van der Waals surface area contributed by atoms with Gasteiger partial charge in [-0.3, -0.25) is 9.59 Å². The molecule has 40 heavy (non-hydrogen) atoms.